The third-order valence-corrected chi connectivity index (χ3v) is 3.92. The van der Waals surface area contributed by atoms with Gasteiger partial charge in [-0.05, 0) is 37.5 Å². The molecule has 114 valence electrons. The van der Waals surface area contributed by atoms with E-state index in [0.29, 0.717) is 17.7 Å². The average Bonchev–Trinajstić information content (AvgIpc) is 2.53. The molecule has 1 aliphatic rings. The van der Waals surface area contributed by atoms with Crippen LogP contribution in [-0.4, -0.2) is 54.8 Å². The summed E-state index contributed by atoms with van der Waals surface area (Å²) in [6.45, 7) is 1.23. The van der Waals surface area contributed by atoms with Gasteiger partial charge in [-0.1, -0.05) is 6.07 Å². The largest absolute Gasteiger partial charge is 0.345 e. The molecule has 0 aromatic heterocycles. The van der Waals surface area contributed by atoms with Crippen LogP contribution in [0.3, 0.4) is 0 Å². The van der Waals surface area contributed by atoms with Crippen molar-refractivity contribution in [2.45, 2.75) is 25.3 Å². The number of carbonyl (C=O) groups is 2. The number of nitrogens with zero attached hydrogens (tertiary/aromatic N) is 2. The van der Waals surface area contributed by atoms with E-state index in [-0.39, 0.29) is 17.9 Å². The summed E-state index contributed by atoms with van der Waals surface area (Å²) >= 11 is 0. The Hall–Kier alpha value is -1.88. The lowest BCUT2D eigenvalue weighted by molar-refractivity contribution is 0.0623. The molecule has 1 aromatic carbocycles. The number of likely N-dealkylation sites (tertiary alicyclic amines) is 1. The third-order valence-electron chi connectivity index (χ3n) is 3.92. The van der Waals surface area contributed by atoms with Gasteiger partial charge in [0.05, 0.1) is 0 Å². The number of hydrogen-bond acceptors (Lipinski definition) is 3. The van der Waals surface area contributed by atoms with E-state index in [1.165, 1.54) is 4.90 Å². The van der Waals surface area contributed by atoms with Crippen LogP contribution in [0.15, 0.2) is 24.3 Å². The molecule has 0 radical (unpaired) electrons. The third kappa shape index (κ3) is 3.42. The van der Waals surface area contributed by atoms with Crippen molar-refractivity contribution in [2.75, 3.05) is 27.2 Å². The van der Waals surface area contributed by atoms with Gasteiger partial charge in [0, 0.05) is 44.4 Å². The molecule has 5 nitrogen and oxygen atoms in total. The molecule has 1 unspecified atom stereocenters. The Morgan fingerprint density at radius 3 is 2.67 bits per heavy atom. The van der Waals surface area contributed by atoms with Gasteiger partial charge < -0.3 is 15.5 Å². The first-order valence-corrected chi connectivity index (χ1v) is 7.37. The lowest BCUT2D eigenvalue weighted by Crippen LogP contribution is -2.47. The van der Waals surface area contributed by atoms with Crippen molar-refractivity contribution < 1.29 is 9.59 Å². The Labute approximate surface area is 125 Å². The number of amides is 2. The summed E-state index contributed by atoms with van der Waals surface area (Å²) in [5.41, 5.74) is 6.87. The topological polar surface area (TPSA) is 66.6 Å². The zero-order chi connectivity index (χ0) is 15.4. The van der Waals surface area contributed by atoms with Crippen LogP contribution in [0, 0.1) is 0 Å². The van der Waals surface area contributed by atoms with E-state index in [1.807, 2.05) is 4.90 Å². The standard InChI is InChI=1S/C16H23N3O2/c1-18(2)15(20)12-6-5-7-13(10-12)16(21)19-9-4-3-8-14(19)11-17/h5-7,10,14H,3-4,8-9,11,17H2,1-2H3. The molecule has 2 N–H and O–H groups in total. The molecule has 1 fully saturated rings. The minimum Gasteiger partial charge on any atom is -0.345 e. The van der Waals surface area contributed by atoms with Gasteiger partial charge in [-0.2, -0.15) is 0 Å². The van der Waals surface area contributed by atoms with Gasteiger partial charge in [-0.3, -0.25) is 9.59 Å². The molecule has 1 aliphatic heterocycles. The minimum absolute atomic E-state index is 0.0291. The molecule has 21 heavy (non-hydrogen) atoms. The van der Waals surface area contributed by atoms with Crippen LogP contribution in [-0.2, 0) is 0 Å². The van der Waals surface area contributed by atoms with E-state index >= 15 is 0 Å². The zero-order valence-electron chi connectivity index (χ0n) is 12.7. The van der Waals surface area contributed by atoms with Crippen molar-refractivity contribution >= 4 is 11.8 Å². The van der Waals surface area contributed by atoms with Crippen LogP contribution in [0.5, 0.6) is 0 Å². The van der Waals surface area contributed by atoms with Crippen LogP contribution in [0.25, 0.3) is 0 Å². The number of hydrogen-bond donors (Lipinski definition) is 1. The average molecular weight is 289 g/mol. The van der Waals surface area contributed by atoms with E-state index in [2.05, 4.69) is 0 Å². The highest BCUT2D eigenvalue weighted by atomic mass is 16.2. The van der Waals surface area contributed by atoms with Crippen molar-refractivity contribution in [2.24, 2.45) is 5.73 Å². The lowest BCUT2D eigenvalue weighted by Gasteiger charge is -2.35. The summed E-state index contributed by atoms with van der Waals surface area (Å²) in [7, 11) is 3.40. The molecule has 1 aromatic rings. The Morgan fingerprint density at radius 1 is 1.29 bits per heavy atom. The number of carbonyl (C=O) groups excluding carboxylic acids is 2. The molecular formula is C16H23N3O2. The molecule has 1 atom stereocenters. The summed E-state index contributed by atoms with van der Waals surface area (Å²) in [6.07, 6.45) is 3.09. The van der Waals surface area contributed by atoms with Crippen LogP contribution in [0.1, 0.15) is 40.0 Å². The number of nitrogens with two attached hydrogens (primary N) is 1. The molecule has 1 heterocycles. The number of piperidine rings is 1. The predicted molar refractivity (Wildman–Crippen MR) is 82.2 cm³/mol. The van der Waals surface area contributed by atoms with E-state index in [9.17, 15) is 9.59 Å². The Balaban J connectivity index is 2.22. The summed E-state index contributed by atoms with van der Waals surface area (Å²) in [4.78, 5) is 28.0. The normalized spacial score (nSPS) is 18.4. The van der Waals surface area contributed by atoms with E-state index in [4.69, 9.17) is 5.73 Å². The summed E-state index contributed by atoms with van der Waals surface area (Å²) in [5.74, 6) is -0.128. The first kappa shape index (κ1) is 15.5. The fraction of sp³-hybridized carbons (Fsp3) is 0.500. The van der Waals surface area contributed by atoms with Crippen LogP contribution < -0.4 is 5.73 Å². The molecule has 5 heteroatoms. The van der Waals surface area contributed by atoms with Gasteiger partial charge in [0.1, 0.15) is 0 Å². The van der Waals surface area contributed by atoms with Crippen molar-refractivity contribution in [3.8, 4) is 0 Å². The maximum absolute atomic E-state index is 12.7. The maximum Gasteiger partial charge on any atom is 0.254 e. The first-order chi connectivity index (χ1) is 10.0. The highest BCUT2D eigenvalue weighted by Crippen LogP contribution is 2.19. The summed E-state index contributed by atoms with van der Waals surface area (Å²) < 4.78 is 0. The van der Waals surface area contributed by atoms with E-state index in [0.717, 1.165) is 25.8 Å². The molecule has 2 amide bonds. The van der Waals surface area contributed by atoms with Crippen molar-refractivity contribution in [1.82, 2.24) is 9.80 Å². The second kappa shape index (κ2) is 6.72. The van der Waals surface area contributed by atoms with Crippen LogP contribution >= 0.6 is 0 Å². The van der Waals surface area contributed by atoms with Gasteiger partial charge in [0.25, 0.3) is 11.8 Å². The Bertz CT molecular complexity index is 528. The number of rotatable bonds is 3. The zero-order valence-corrected chi connectivity index (χ0v) is 12.7. The molecule has 0 aliphatic carbocycles. The predicted octanol–water partition coefficient (Wildman–Crippen LogP) is 1.34. The van der Waals surface area contributed by atoms with E-state index in [1.54, 1.807) is 38.4 Å². The Kier molecular flexibility index (Phi) is 4.96. The molecule has 1 saturated heterocycles. The van der Waals surface area contributed by atoms with Crippen molar-refractivity contribution in [3.05, 3.63) is 35.4 Å². The molecule has 2 rings (SSSR count). The fourth-order valence-electron chi connectivity index (χ4n) is 2.72. The second-order valence-electron chi connectivity index (χ2n) is 5.66. The highest BCUT2D eigenvalue weighted by molar-refractivity contribution is 5.99. The van der Waals surface area contributed by atoms with Gasteiger partial charge >= 0.3 is 0 Å². The molecule has 0 bridgehead atoms. The van der Waals surface area contributed by atoms with Gasteiger partial charge in [0.2, 0.25) is 0 Å². The van der Waals surface area contributed by atoms with Gasteiger partial charge in [0.15, 0.2) is 0 Å². The molecule has 0 spiro atoms. The molecule has 0 saturated carbocycles. The van der Waals surface area contributed by atoms with Crippen LogP contribution in [0.4, 0.5) is 0 Å². The van der Waals surface area contributed by atoms with Crippen molar-refractivity contribution in [1.29, 1.82) is 0 Å². The smallest absolute Gasteiger partial charge is 0.254 e. The lowest BCUT2D eigenvalue weighted by atomic mass is 10.00. The monoisotopic (exact) mass is 289 g/mol. The summed E-state index contributed by atoms with van der Waals surface area (Å²) in [6, 6.07) is 7.03. The Morgan fingerprint density at radius 2 is 2.00 bits per heavy atom. The quantitative estimate of drug-likeness (QED) is 0.913. The molecular weight excluding hydrogens is 266 g/mol. The maximum atomic E-state index is 12.7. The van der Waals surface area contributed by atoms with Crippen molar-refractivity contribution in [3.63, 3.8) is 0 Å². The second-order valence-corrected chi connectivity index (χ2v) is 5.66. The fourth-order valence-corrected chi connectivity index (χ4v) is 2.72. The van der Waals surface area contributed by atoms with E-state index < -0.39 is 0 Å². The van der Waals surface area contributed by atoms with Crippen LogP contribution in [0.2, 0.25) is 0 Å². The minimum atomic E-state index is -0.0985. The summed E-state index contributed by atoms with van der Waals surface area (Å²) in [5, 5.41) is 0. The highest BCUT2D eigenvalue weighted by Gasteiger charge is 2.26. The SMILES string of the molecule is CN(C)C(=O)c1cccc(C(=O)N2CCCCC2CN)c1. The first-order valence-electron chi connectivity index (χ1n) is 7.37. The van der Waals surface area contributed by atoms with Gasteiger partial charge in [-0.15, -0.1) is 0 Å². The van der Waals surface area contributed by atoms with Gasteiger partial charge in [-0.25, -0.2) is 0 Å². The number of benzene rings is 1.